The van der Waals surface area contributed by atoms with Gasteiger partial charge in [-0.15, -0.1) is 0 Å². The third-order valence-corrected chi connectivity index (χ3v) is 4.48. The first kappa shape index (κ1) is 19.5. The molecule has 0 spiro atoms. The monoisotopic (exact) mass is 398 g/mol. The van der Waals surface area contributed by atoms with Crippen LogP contribution in [0.15, 0.2) is 60.8 Å². The van der Waals surface area contributed by atoms with Crippen molar-refractivity contribution >= 4 is 29.0 Å². The lowest BCUT2D eigenvalue weighted by atomic mass is 10.2. The predicted molar refractivity (Wildman–Crippen MR) is 107 cm³/mol. The maximum Gasteiger partial charge on any atom is 0.298 e. The average molecular weight is 399 g/mol. The zero-order chi connectivity index (χ0) is 20.1. The van der Waals surface area contributed by atoms with Crippen LogP contribution in [0.1, 0.15) is 16.1 Å². The number of ketones is 1. The first-order chi connectivity index (χ1) is 13.5. The zero-order valence-corrected chi connectivity index (χ0v) is 16.2. The van der Waals surface area contributed by atoms with Crippen LogP contribution < -0.4 is 14.8 Å². The molecule has 0 aliphatic rings. The van der Waals surface area contributed by atoms with E-state index in [4.69, 9.17) is 21.1 Å². The molecular formula is C21H19ClN2O4. The number of hydrogen-bond donors (Lipinski definition) is 1. The lowest BCUT2D eigenvalue weighted by molar-refractivity contribution is -0.112. The van der Waals surface area contributed by atoms with Crippen LogP contribution in [0.5, 0.6) is 11.5 Å². The molecule has 1 amide bonds. The summed E-state index contributed by atoms with van der Waals surface area (Å²) in [4.78, 5) is 25.3. The van der Waals surface area contributed by atoms with E-state index in [1.807, 2.05) is 30.3 Å². The summed E-state index contributed by atoms with van der Waals surface area (Å²) in [6, 6.07) is 16.1. The van der Waals surface area contributed by atoms with Gasteiger partial charge in [-0.1, -0.05) is 41.9 Å². The minimum atomic E-state index is -0.807. The maximum atomic E-state index is 12.7. The number of carbonyl (C=O) groups excluding carboxylic acids is 2. The summed E-state index contributed by atoms with van der Waals surface area (Å²) in [5.41, 5.74) is 1.52. The molecule has 0 saturated heterocycles. The van der Waals surface area contributed by atoms with Crippen LogP contribution in [-0.4, -0.2) is 30.5 Å². The third-order valence-electron chi connectivity index (χ3n) is 4.19. The number of amides is 1. The van der Waals surface area contributed by atoms with Gasteiger partial charge in [0.2, 0.25) is 0 Å². The Morgan fingerprint density at radius 1 is 1.04 bits per heavy atom. The second-order valence-electron chi connectivity index (χ2n) is 5.98. The SMILES string of the molecule is COc1cc(Cl)c(NC(=O)C(=O)c2cccn2Cc2ccccc2)c(OC)c1. The number of aromatic nitrogens is 1. The smallest absolute Gasteiger partial charge is 0.298 e. The number of rotatable bonds is 7. The van der Waals surface area contributed by atoms with Crippen molar-refractivity contribution in [1.82, 2.24) is 4.57 Å². The van der Waals surface area contributed by atoms with Gasteiger partial charge in [0.05, 0.1) is 24.9 Å². The quantitative estimate of drug-likeness (QED) is 0.482. The van der Waals surface area contributed by atoms with E-state index < -0.39 is 11.7 Å². The molecule has 2 aromatic carbocycles. The van der Waals surface area contributed by atoms with Gasteiger partial charge >= 0.3 is 0 Å². The summed E-state index contributed by atoms with van der Waals surface area (Å²) in [6.45, 7) is 0.481. The largest absolute Gasteiger partial charge is 0.497 e. The molecule has 0 bridgehead atoms. The Morgan fingerprint density at radius 2 is 1.79 bits per heavy atom. The highest BCUT2D eigenvalue weighted by atomic mass is 35.5. The highest BCUT2D eigenvalue weighted by molar-refractivity contribution is 6.47. The topological polar surface area (TPSA) is 69.6 Å². The summed E-state index contributed by atoms with van der Waals surface area (Å²) in [7, 11) is 2.93. The van der Waals surface area contributed by atoms with Crippen LogP contribution in [0, 0.1) is 0 Å². The summed E-state index contributed by atoms with van der Waals surface area (Å²) in [5, 5.41) is 2.75. The van der Waals surface area contributed by atoms with Gasteiger partial charge in [-0.2, -0.15) is 0 Å². The Labute approximate surface area is 167 Å². The van der Waals surface area contributed by atoms with Gasteiger partial charge in [-0.05, 0) is 17.7 Å². The molecule has 0 fully saturated rings. The molecule has 0 atom stereocenters. The van der Waals surface area contributed by atoms with Crippen molar-refractivity contribution in [2.45, 2.75) is 6.54 Å². The molecule has 1 heterocycles. The molecule has 3 aromatic rings. The molecule has 0 saturated carbocycles. The second kappa shape index (κ2) is 8.63. The second-order valence-corrected chi connectivity index (χ2v) is 6.38. The molecule has 0 unspecified atom stereocenters. The molecule has 6 nitrogen and oxygen atoms in total. The number of methoxy groups -OCH3 is 2. The highest BCUT2D eigenvalue weighted by Gasteiger charge is 2.22. The van der Waals surface area contributed by atoms with Crippen molar-refractivity contribution in [3.8, 4) is 11.5 Å². The van der Waals surface area contributed by atoms with Gasteiger partial charge in [0.1, 0.15) is 17.2 Å². The van der Waals surface area contributed by atoms with Crippen molar-refractivity contribution in [2.75, 3.05) is 19.5 Å². The molecular weight excluding hydrogens is 380 g/mol. The molecule has 7 heteroatoms. The fourth-order valence-corrected chi connectivity index (χ4v) is 3.03. The molecule has 0 aliphatic carbocycles. The van der Waals surface area contributed by atoms with Crippen molar-refractivity contribution in [1.29, 1.82) is 0 Å². The molecule has 1 aromatic heterocycles. The standard InChI is InChI=1S/C21H19ClN2O4/c1-27-15-11-16(22)19(18(12-15)28-2)23-21(26)20(25)17-9-6-10-24(17)13-14-7-4-3-5-8-14/h3-12H,13H2,1-2H3,(H,23,26). The number of Topliss-reactive ketones (excluding diaryl/α,β-unsaturated/α-hetero) is 1. The first-order valence-corrected chi connectivity index (χ1v) is 8.87. The van der Waals surface area contributed by atoms with E-state index in [0.717, 1.165) is 5.56 Å². The van der Waals surface area contributed by atoms with Crippen LogP contribution in [-0.2, 0) is 11.3 Å². The van der Waals surface area contributed by atoms with E-state index in [9.17, 15) is 9.59 Å². The van der Waals surface area contributed by atoms with E-state index in [-0.39, 0.29) is 16.4 Å². The van der Waals surface area contributed by atoms with Crippen molar-refractivity contribution in [2.24, 2.45) is 0 Å². The third kappa shape index (κ3) is 4.18. The fraction of sp³-hybridized carbons (Fsp3) is 0.143. The minimum Gasteiger partial charge on any atom is -0.497 e. The van der Waals surface area contributed by atoms with Crippen molar-refractivity contribution < 1.29 is 19.1 Å². The van der Waals surface area contributed by atoms with E-state index >= 15 is 0 Å². The Balaban J connectivity index is 1.82. The van der Waals surface area contributed by atoms with Crippen molar-refractivity contribution in [3.63, 3.8) is 0 Å². The molecule has 3 rings (SSSR count). The van der Waals surface area contributed by atoms with Gasteiger partial charge in [0.15, 0.2) is 0 Å². The number of nitrogens with one attached hydrogen (secondary N) is 1. The summed E-state index contributed by atoms with van der Waals surface area (Å²) in [6.07, 6.45) is 1.76. The van der Waals surface area contributed by atoms with E-state index in [2.05, 4.69) is 5.32 Å². The first-order valence-electron chi connectivity index (χ1n) is 8.49. The van der Waals surface area contributed by atoms with Gasteiger partial charge < -0.3 is 19.4 Å². The van der Waals surface area contributed by atoms with Crippen molar-refractivity contribution in [3.05, 3.63) is 77.1 Å². The fourth-order valence-electron chi connectivity index (χ4n) is 2.78. The molecule has 1 N–H and O–H groups in total. The number of halogens is 1. The summed E-state index contributed by atoms with van der Waals surface area (Å²) < 4.78 is 12.1. The van der Waals surface area contributed by atoms with E-state index in [1.165, 1.54) is 20.3 Å². The van der Waals surface area contributed by atoms with Crippen LogP contribution in [0.25, 0.3) is 0 Å². The number of benzene rings is 2. The van der Waals surface area contributed by atoms with Crippen LogP contribution >= 0.6 is 11.6 Å². The summed E-state index contributed by atoms with van der Waals surface area (Å²) in [5.74, 6) is -0.707. The van der Waals surface area contributed by atoms with Gasteiger partial charge in [0, 0.05) is 24.9 Å². The van der Waals surface area contributed by atoms with Crippen LogP contribution in [0.2, 0.25) is 5.02 Å². The highest BCUT2D eigenvalue weighted by Crippen LogP contribution is 2.36. The van der Waals surface area contributed by atoms with E-state index in [0.29, 0.717) is 18.0 Å². The Bertz CT molecular complexity index is 999. The van der Waals surface area contributed by atoms with Crippen LogP contribution in [0.3, 0.4) is 0 Å². The minimum absolute atomic E-state index is 0.206. The lowest BCUT2D eigenvalue weighted by Gasteiger charge is -2.14. The van der Waals surface area contributed by atoms with Gasteiger partial charge in [-0.25, -0.2) is 0 Å². The number of ether oxygens (including phenoxy) is 2. The Kier molecular flexibility index (Phi) is 6.01. The molecule has 0 radical (unpaired) electrons. The van der Waals surface area contributed by atoms with Crippen LogP contribution in [0.4, 0.5) is 5.69 Å². The van der Waals surface area contributed by atoms with E-state index in [1.54, 1.807) is 29.0 Å². The lowest BCUT2D eigenvalue weighted by Crippen LogP contribution is -2.25. The summed E-state index contributed by atoms with van der Waals surface area (Å²) >= 11 is 6.21. The predicted octanol–water partition coefficient (Wildman–Crippen LogP) is 4.03. The number of anilines is 1. The Morgan fingerprint density at radius 3 is 2.46 bits per heavy atom. The van der Waals surface area contributed by atoms with Gasteiger partial charge in [0.25, 0.3) is 11.7 Å². The molecule has 0 aliphatic heterocycles. The van der Waals surface area contributed by atoms with Gasteiger partial charge in [-0.3, -0.25) is 9.59 Å². The normalized spacial score (nSPS) is 10.4. The number of nitrogens with zero attached hydrogens (tertiary/aromatic N) is 1. The maximum absolute atomic E-state index is 12.7. The number of carbonyl (C=O) groups is 2. The molecule has 144 valence electrons. The zero-order valence-electron chi connectivity index (χ0n) is 15.4. The Hall–Kier alpha value is -3.25. The number of hydrogen-bond acceptors (Lipinski definition) is 4. The molecule has 28 heavy (non-hydrogen) atoms. The average Bonchev–Trinajstić information content (AvgIpc) is 3.17.